The van der Waals surface area contributed by atoms with E-state index in [9.17, 15) is 8.78 Å². The summed E-state index contributed by atoms with van der Waals surface area (Å²) in [7, 11) is 1.66. The van der Waals surface area contributed by atoms with Gasteiger partial charge in [0.05, 0.1) is 6.54 Å². The average Bonchev–Trinajstić information content (AvgIpc) is 3.23. The molecule has 2 aromatic carbocycles. The van der Waals surface area contributed by atoms with Crippen LogP contribution in [0.3, 0.4) is 0 Å². The second-order valence-corrected chi connectivity index (χ2v) is 6.79. The molecule has 1 aromatic heterocycles. The molecule has 0 aliphatic rings. The Hall–Kier alpha value is -2.69. The molecule has 6 nitrogen and oxygen atoms in total. The van der Waals surface area contributed by atoms with Gasteiger partial charge in [0.25, 0.3) is 0 Å². The zero-order valence-electron chi connectivity index (χ0n) is 17.4. The summed E-state index contributed by atoms with van der Waals surface area (Å²) in [4.78, 5) is 4.21. The van der Waals surface area contributed by atoms with Gasteiger partial charge in [-0.2, -0.15) is 13.9 Å². The number of aliphatic imine (C=N–C) groups is 1. The summed E-state index contributed by atoms with van der Waals surface area (Å²) in [5.41, 5.74) is 3.85. The summed E-state index contributed by atoms with van der Waals surface area (Å²) in [6.45, 7) is 0.620. The molecule has 0 aliphatic heterocycles. The molecule has 0 saturated heterocycles. The van der Waals surface area contributed by atoms with E-state index in [1.807, 2.05) is 42.1 Å². The normalized spacial score (nSPS) is 11.2. The first-order chi connectivity index (χ1) is 14.5. The molecule has 0 bridgehead atoms. The number of rotatable bonds is 8. The van der Waals surface area contributed by atoms with E-state index < -0.39 is 6.61 Å². The summed E-state index contributed by atoms with van der Waals surface area (Å²) in [6, 6.07) is 15.2. The number of hydrogen-bond acceptors (Lipinski definition) is 3. The summed E-state index contributed by atoms with van der Waals surface area (Å²) in [6.07, 6.45) is 3.68. The van der Waals surface area contributed by atoms with Gasteiger partial charge in [0.1, 0.15) is 5.75 Å². The number of hydrogen-bond donors (Lipinski definition) is 2. The van der Waals surface area contributed by atoms with Gasteiger partial charge in [-0.3, -0.25) is 9.67 Å². The highest BCUT2D eigenvalue weighted by atomic mass is 127. The molecule has 31 heavy (non-hydrogen) atoms. The number of alkyl halides is 2. The van der Waals surface area contributed by atoms with Crippen molar-refractivity contribution in [3.63, 3.8) is 0 Å². The van der Waals surface area contributed by atoms with Crippen molar-refractivity contribution >= 4 is 29.9 Å². The molecule has 2 N–H and O–H groups in total. The van der Waals surface area contributed by atoms with Crippen LogP contribution in [-0.2, 0) is 19.6 Å². The molecule has 0 saturated carbocycles. The summed E-state index contributed by atoms with van der Waals surface area (Å²) < 4.78 is 31.8. The Bertz CT molecular complexity index is 980. The molecule has 0 fully saturated rings. The van der Waals surface area contributed by atoms with Crippen LogP contribution < -0.4 is 15.4 Å². The molecule has 0 aliphatic carbocycles. The third kappa shape index (κ3) is 7.82. The zero-order chi connectivity index (χ0) is 21.3. The molecule has 3 rings (SSSR count). The van der Waals surface area contributed by atoms with Gasteiger partial charge in [0.2, 0.25) is 0 Å². The van der Waals surface area contributed by atoms with Crippen molar-refractivity contribution in [3.05, 3.63) is 83.2 Å². The molecule has 0 amide bonds. The Balaban J connectivity index is 0.00000341. The van der Waals surface area contributed by atoms with Crippen molar-refractivity contribution < 1.29 is 13.5 Å². The molecule has 1 heterocycles. The minimum Gasteiger partial charge on any atom is -0.434 e. The van der Waals surface area contributed by atoms with Crippen molar-refractivity contribution in [2.45, 2.75) is 33.2 Å². The van der Waals surface area contributed by atoms with Gasteiger partial charge in [-0.05, 0) is 30.2 Å². The second kappa shape index (κ2) is 12.2. The third-order valence-corrected chi connectivity index (χ3v) is 4.46. The van der Waals surface area contributed by atoms with E-state index >= 15 is 0 Å². The molecule has 0 spiro atoms. The highest BCUT2D eigenvalue weighted by molar-refractivity contribution is 14.0. The molecule has 0 radical (unpaired) electrons. The maximum Gasteiger partial charge on any atom is 0.387 e. The number of nitrogens with one attached hydrogen (secondary N) is 2. The van der Waals surface area contributed by atoms with Crippen LogP contribution in [0.1, 0.15) is 22.3 Å². The van der Waals surface area contributed by atoms with Crippen LogP contribution in [0.15, 0.2) is 65.9 Å². The van der Waals surface area contributed by atoms with Crippen molar-refractivity contribution in [3.8, 4) is 5.75 Å². The van der Waals surface area contributed by atoms with Crippen LogP contribution in [0.25, 0.3) is 0 Å². The van der Waals surface area contributed by atoms with Gasteiger partial charge >= 0.3 is 6.61 Å². The number of nitrogens with zero attached hydrogens (tertiary/aromatic N) is 3. The van der Waals surface area contributed by atoms with Crippen molar-refractivity contribution in [1.29, 1.82) is 0 Å². The molecular formula is C22H26F2IN5O. The largest absolute Gasteiger partial charge is 0.434 e. The highest BCUT2D eigenvalue weighted by Gasteiger charge is 2.10. The molecule has 0 unspecified atom stereocenters. The van der Waals surface area contributed by atoms with E-state index in [0.29, 0.717) is 31.2 Å². The predicted molar refractivity (Wildman–Crippen MR) is 128 cm³/mol. The Morgan fingerprint density at radius 1 is 1.10 bits per heavy atom. The van der Waals surface area contributed by atoms with Gasteiger partial charge in [0, 0.05) is 38.1 Å². The highest BCUT2D eigenvalue weighted by Crippen LogP contribution is 2.22. The minimum absolute atomic E-state index is 0. The van der Waals surface area contributed by atoms with E-state index in [4.69, 9.17) is 0 Å². The first-order valence-electron chi connectivity index (χ1n) is 9.57. The van der Waals surface area contributed by atoms with E-state index in [1.54, 1.807) is 25.4 Å². The standard InChI is InChI=1S/C22H25F2N5O.HI/c1-16-7-8-20(30-21(23)24)19(11-16)14-27-22(25-2)26-13-17-5-3-6-18(12-17)15-29-10-4-9-28-29;/h3-12,21H,13-15H2,1-2H3,(H2,25,26,27);1H. The number of guanidine groups is 1. The smallest absolute Gasteiger partial charge is 0.387 e. The summed E-state index contributed by atoms with van der Waals surface area (Å²) in [5, 5.41) is 10.6. The Morgan fingerprint density at radius 3 is 2.58 bits per heavy atom. The first-order valence-corrected chi connectivity index (χ1v) is 9.57. The maximum absolute atomic E-state index is 12.6. The third-order valence-electron chi connectivity index (χ3n) is 4.46. The lowest BCUT2D eigenvalue weighted by Gasteiger charge is -2.15. The van der Waals surface area contributed by atoms with Gasteiger partial charge < -0.3 is 15.4 Å². The SMILES string of the molecule is CN=C(NCc1cccc(Cn2cccn2)c1)NCc1cc(C)ccc1OC(F)F.I. The van der Waals surface area contributed by atoms with Crippen LogP contribution in [-0.4, -0.2) is 29.4 Å². The van der Waals surface area contributed by atoms with Crippen molar-refractivity contribution in [2.75, 3.05) is 7.05 Å². The lowest BCUT2D eigenvalue weighted by molar-refractivity contribution is -0.0504. The second-order valence-electron chi connectivity index (χ2n) is 6.79. The fraction of sp³-hybridized carbons (Fsp3) is 0.273. The fourth-order valence-corrected chi connectivity index (χ4v) is 3.06. The number of aryl methyl sites for hydroxylation is 1. The summed E-state index contributed by atoms with van der Waals surface area (Å²) >= 11 is 0. The topological polar surface area (TPSA) is 63.5 Å². The van der Waals surface area contributed by atoms with E-state index in [1.165, 1.54) is 0 Å². The quantitative estimate of drug-likeness (QED) is 0.253. The van der Waals surface area contributed by atoms with Gasteiger partial charge in [-0.25, -0.2) is 0 Å². The molecular weight excluding hydrogens is 515 g/mol. The number of halogens is 3. The van der Waals surface area contributed by atoms with Crippen LogP contribution in [0.5, 0.6) is 5.75 Å². The van der Waals surface area contributed by atoms with Crippen LogP contribution in [0.2, 0.25) is 0 Å². The number of benzene rings is 2. The van der Waals surface area contributed by atoms with Crippen molar-refractivity contribution in [1.82, 2.24) is 20.4 Å². The van der Waals surface area contributed by atoms with Crippen molar-refractivity contribution in [2.24, 2.45) is 4.99 Å². The van der Waals surface area contributed by atoms with Crippen LogP contribution >= 0.6 is 24.0 Å². The molecule has 0 atom stereocenters. The molecule has 166 valence electrons. The molecule has 3 aromatic rings. The Labute approximate surface area is 197 Å². The lowest BCUT2D eigenvalue weighted by atomic mass is 10.1. The number of ether oxygens (including phenoxy) is 1. The Morgan fingerprint density at radius 2 is 1.87 bits per heavy atom. The van der Waals surface area contributed by atoms with Gasteiger partial charge in [0.15, 0.2) is 5.96 Å². The fourth-order valence-electron chi connectivity index (χ4n) is 3.06. The lowest BCUT2D eigenvalue weighted by Crippen LogP contribution is -2.36. The van der Waals surface area contributed by atoms with E-state index in [-0.39, 0.29) is 29.7 Å². The average molecular weight is 541 g/mol. The van der Waals surface area contributed by atoms with Gasteiger partial charge in [-0.1, -0.05) is 42.0 Å². The van der Waals surface area contributed by atoms with Gasteiger partial charge in [-0.15, -0.1) is 24.0 Å². The van der Waals surface area contributed by atoms with Crippen LogP contribution in [0.4, 0.5) is 8.78 Å². The first kappa shape index (κ1) is 24.6. The summed E-state index contributed by atoms with van der Waals surface area (Å²) in [5.74, 6) is 0.724. The zero-order valence-corrected chi connectivity index (χ0v) is 19.7. The van der Waals surface area contributed by atoms with Crippen LogP contribution in [0, 0.1) is 6.92 Å². The predicted octanol–water partition coefficient (Wildman–Crippen LogP) is 4.32. The number of aromatic nitrogens is 2. The van der Waals surface area contributed by atoms with E-state index in [2.05, 4.69) is 37.6 Å². The maximum atomic E-state index is 12.6. The van der Waals surface area contributed by atoms with E-state index in [0.717, 1.165) is 16.7 Å². The molecule has 9 heteroatoms. The minimum atomic E-state index is -2.86. The Kier molecular flexibility index (Phi) is 9.70. The monoisotopic (exact) mass is 541 g/mol.